The Morgan fingerprint density at radius 2 is 1.10 bits per heavy atom. The van der Waals surface area contributed by atoms with E-state index in [1.807, 2.05) is 18.2 Å². The summed E-state index contributed by atoms with van der Waals surface area (Å²) in [6.45, 7) is 4.72. The Morgan fingerprint density at radius 3 is 1.92 bits per heavy atom. The van der Waals surface area contributed by atoms with Gasteiger partial charge in [-0.3, -0.25) is 0 Å². The monoisotopic (exact) mass is 667 g/mol. The Morgan fingerprint density at radius 1 is 0.442 bits per heavy atom. The highest BCUT2D eigenvalue weighted by atomic mass is 16.3. The molecule has 0 radical (unpaired) electrons. The van der Waals surface area contributed by atoms with E-state index >= 15 is 0 Å². The smallest absolute Gasteiger partial charge is 0.145 e. The van der Waals surface area contributed by atoms with Crippen LogP contribution in [-0.4, -0.2) is 0 Å². The summed E-state index contributed by atoms with van der Waals surface area (Å²) in [6.07, 6.45) is 0. The van der Waals surface area contributed by atoms with Gasteiger partial charge >= 0.3 is 0 Å². The van der Waals surface area contributed by atoms with Gasteiger partial charge in [0.15, 0.2) is 0 Å². The van der Waals surface area contributed by atoms with Crippen molar-refractivity contribution >= 4 is 71.7 Å². The first-order valence-electron chi connectivity index (χ1n) is 17.9. The minimum absolute atomic E-state index is 0.145. The summed E-state index contributed by atoms with van der Waals surface area (Å²) in [6, 6.07) is 58.6. The molecule has 10 aromatic rings. The predicted octanol–water partition coefficient (Wildman–Crippen LogP) is 14.1. The van der Waals surface area contributed by atoms with E-state index in [1.54, 1.807) is 0 Å². The molecule has 3 heteroatoms. The number of nitrogens with zero attached hydrogens (tertiary/aromatic N) is 1. The van der Waals surface area contributed by atoms with Gasteiger partial charge in [-0.1, -0.05) is 129 Å². The molecule has 0 atom stereocenters. The minimum Gasteiger partial charge on any atom is -0.456 e. The zero-order chi connectivity index (χ0) is 34.6. The molecule has 8 aromatic carbocycles. The third kappa shape index (κ3) is 4.02. The first-order valence-corrected chi connectivity index (χ1v) is 17.9. The molecule has 0 unspecified atom stereocenters. The van der Waals surface area contributed by atoms with E-state index in [1.165, 1.54) is 33.0 Å². The van der Waals surface area contributed by atoms with Crippen LogP contribution < -0.4 is 4.90 Å². The number of benzene rings is 8. The fourth-order valence-electron chi connectivity index (χ4n) is 8.93. The van der Waals surface area contributed by atoms with Crippen molar-refractivity contribution in [2.24, 2.45) is 0 Å². The van der Waals surface area contributed by atoms with E-state index in [2.05, 4.69) is 164 Å². The Hall–Kier alpha value is -6.58. The number of hydrogen-bond donors (Lipinski definition) is 0. The molecule has 0 saturated carbocycles. The van der Waals surface area contributed by atoms with Gasteiger partial charge in [0.1, 0.15) is 22.3 Å². The van der Waals surface area contributed by atoms with Gasteiger partial charge in [-0.15, -0.1) is 0 Å². The highest BCUT2D eigenvalue weighted by molar-refractivity contribution is 6.19. The quantitative estimate of drug-likeness (QED) is 0.187. The highest BCUT2D eigenvalue weighted by Gasteiger charge is 2.38. The Kier molecular flexibility index (Phi) is 6.01. The standard InChI is InChI=1S/C49H33NO2/c1-49(2)40-21-11-8-16-33(40)39-29-42(34-17-6-7-19-37(34)47(39)49)50(31-24-25-36-35-18-9-12-22-43(35)51-45(36)28-31)41-27-26-32(30-14-4-3-5-15-30)48-46(41)38-20-10-13-23-44(38)52-48/h3-29H,1-2H3. The SMILES string of the molecule is CC1(C)c2ccccc2-c2cc(N(c3ccc4c(c3)oc3ccccc34)c3ccc(-c4ccccc4)c4oc5ccccc5c34)c3ccccc3c21. The summed E-state index contributed by atoms with van der Waals surface area (Å²) in [4.78, 5) is 2.43. The van der Waals surface area contributed by atoms with E-state index < -0.39 is 0 Å². The minimum atomic E-state index is -0.145. The normalized spacial score (nSPS) is 13.3. The van der Waals surface area contributed by atoms with Crippen LogP contribution in [0.2, 0.25) is 0 Å². The van der Waals surface area contributed by atoms with Gasteiger partial charge in [-0.2, -0.15) is 0 Å². The van der Waals surface area contributed by atoms with Gasteiger partial charge in [0.25, 0.3) is 0 Å². The molecule has 2 heterocycles. The van der Waals surface area contributed by atoms with Gasteiger partial charge in [-0.05, 0) is 75.7 Å². The maximum absolute atomic E-state index is 6.80. The van der Waals surface area contributed by atoms with E-state index in [0.29, 0.717) is 0 Å². The molecule has 0 amide bonds. The van der Waals surface area contributed by atoms with Crippen LogP contribution in [0.4, 0.5) is 17.1 Å². The molecule has 0 aliphatic heterocycles. The van der Waals surface area contributed by atoms with Crippen molar-refractivity contribution < 1.29 is 8.83 Å². The van der Waals surface area contributed by atoms with Crippen LogP contribution in [0.15, 0.2) is 173 Å². The highest BCUT2D eigenvalue weighted by Crippen LogP contribution is 2.55. The second kappa shape index (κ2) is 10.7. The second-order valence-corrected chi connectivity index (χ2v) is 14.4. The third-order valence-electron chi connectivity index (χ3n) is 11.2. The molecular formula is C49H33NO2. The third-order valence-corrected chi connectivity index (χ3v) is 11.2. The first kappa shape index (κ1) is 29.2. The molecule has 0 saturated heterocycles. The average Bonchev–Trinajstić information content (AvgIpc) is 3.83. The molecule has 0 fully saturated rings. The van der Waals surface area contributed by atoms with E-state index in [-0.39, 0.29) is 5.41 Å². The van der Waals surface area contributed by atoms with Crippen LogP contribution >= 0.6 is 0 Å². The number of para-hydroxylation sites is 2. The summed E-state index contributed by atoms with van der Waals surface area (Å²) < 4.78 is 13.3. The Bertz CT molecular complexity index is 3050. The molecule has 0 spiro atoms. The predicted molar refractivity (Wildman–Crippen MR) is 216 cm³/mol. The lowest BCUT2D eigenvalue weighted by Gasteiger charge is -2.30. The molecular weight excluding hydrogens is 635 g/mol. The summed E-state index contributed by atoms with van der Waals surface area (Å²) in [7, 11) is 0. The Balaban J connectivity index is 1.28. The van der Waals surface area contributed by atoms with Gasteiger partial charge in [0.2, 0.25) is 0 Å². The molecule has 52 heavy (non-hydrogen) atoms. The fraction of sp³-hybridized carbons (Fsp3) is 0.0612. The van der Waals surface area contributed by atoms with Gasteiger partial charge < -0.3 is 13.7 Å². The average molecular weight is 668 g/mol. The van der Waals surface area contributed by atoms with Crippen LogP contribution in [0, 0.1) is 0 Å². The van der Waals surface area contributed by atoms with Gasteiger partial charge in [-0.25, -0.2) is 0 Å². The van der Waals surface area contributed by atoms with Crippen molar-refractivity contribution in [2.45, 2.75) is 19.3 Å². The van der Waals surface area contributed by atoms with Crippen LogP contribution in [0.25, 0.3) is 76.9 Å². The lowest BCUT2D eigenvalue weighted by molar-refractivity contribution is 0.666. The number of furan rings is 2. The van der Waals surface area contributed by atoms with E-state index in [0.717, 1.165) is 72.1 Å². The van der Waals surface area contributed by atoms with E-state index in [9.17, 15) is 0 Å². The van der Waals surface area contributed by atoms with Crippen molar-refractivity contribution in [3.05, 3.63) is 175 Å². The zero-order valence-electron chi connectivity index (χ0n) is 28.9. The lowest BCUT2D eigenvalue weighted by Crippen LogP contribution is -2.16. The van der Waals surface area contributed by atoms with Crippen LogP contribution in [-0.2, 0) is 5.41 Å². The number of hydrogen-bond acceptors (Lipinski definition) is 3. The maximum atomic E-state index is 6.80. The number of anilines is 3. The van der Waals surface area contributed by atoms with Crippen molar-refractivity contribution in [3.63, 3.8) is 0 Å². The molecule has 11 rings (SSSR count). The molecule has 0 bridgehead atoms. The van der Waals surface area contributed by atoms with Crippen molar-refractivity contribution in [2.75, 3.05) is 4.90 Å². The van der Waals surface area contributed by atoms with Crippen molar-refractivity contribution in [1.82, 2.24) is 0 Å². The fourth-order valence-corrected chi connectivity index (χ4v) is 8.93. The van der Waals surface area contributed by atoms with Crippen LogP contribution in [0.1, 0.15) is 25.0 Å². The van der Waals surface area contributed by atoms with Gasteiger partial charge in [0, 0.05) is 44.3 Å². The van der Waals surface area contributed by atoms with Crippen molar-refractivity contribution in [1.29, 1.82) is 0 Å². The Labute approximate surface area is 301 Å². The summed E-state index contributed by atoms with van der Waals surface area (Å²) in [5, 5.41) is 6.84. The summed E-state index contributed by atoms with van der Waals surface area (Å²) in [5.74, 6) is 0. The van der Waals surface area contributed by atoms with Gasteiger partial charge in [0.05, 0.1) is 16.8 Å². The molecule has 2 aromatic heterocycles. The topological polar surface area (TPSA) is 29.5 Å². The molecule has 0 N–H and O–H groups in total. The van der Waals surface area contributed by atoms with Crippen LogP contribution in [0.3, 0.4) is 0 Å². The number of fused-ring (bicyclic) bond motifs is 11. The molecule has 3 nitrogen and oxygen atoms in total. The number of rotatable bonds is 4. The summed E-state index contributed by atoms with van der Waals surface area (Å²) >= 11 is 0. The van der Waals surface area contributed by atoms with E-state index in [4.69, 9.17) is 8.83 Å². The summed E-state index contributed by atoms with van der Waals surface area (Å²) in [5.41, 5.74) is 14.0. The lowest BCUT2D eigenvalue weighted by atomic mass is 9.80. The largest absolute Gasteiger partial charge is 0.456 e. The molecule has 1 aliphatic carbocycles. The molecule has 1 aliphatic rings. The maximum Gasteiger partial charge on any atom is 0.145 e. The molecule has 246 valence electrons. The first-order chi connectivity index (χ1) is 25.6. The zero-order valence-corrected chi connectivity index (χ0v) is 28.9. The van der Waals surface area contributed by atoms with Crippen LogP contribution in [0.5, 0.6) is 0 Å². The van der Waals surface area contributed by atoms with Crippen molar-refractivity contribution in [3.8, 4) is 22.3 Å². The second-order valence-electron chi connectivity index (χ2n) is 14.4.